The van der Waals surface area contributed by atoms with E-state index in [1.165, 1.54) is 0 Å². The molecule has 1 atom stereocenters. The fourth-order valence-corrected chi connectivity index (χ4v) is 3.26. The Balaban J connectivity index is 0.00000182. The van der Waals surface area contributed by atoms with E-state index < -0.39 is 5.92 Å². The first kappa shape index (κ1) is 17.0. The van der Waals surface area contributed by atoms with E-state index in [2.05, 4.69) is 35.5 Å². The average molecular weight is 335 g/mol. The molecule has 1 aliphatic heterocycles. The van der Waals surface area contributed by atoms with Crippen LogP contribution in [0.3, 0.4) is 0 Å². The summed E-state index contributed by atoms with van der Waals surface area (Å²) in [5, 5.41) is 8.56. The van der Waals surface area contributed by atoms with Gasteiger partial charge in [-0.15, -0.1) is 0 Å². The first-order valence-electron chi connectivity index (χ1n) is 8.07. The number of esters is 1. The van der Waals surface area contributed by atoms with Gasteiger partial charge in [-0.05, 0) is 34.5 Å². The summed E-state index contributed by atoms with van der Waals surface area (Å²) in [5.74, 6) is -0.773. The molecule has 0 amide bonds. The van der Waals surface area contributed by atoms with Gasteiger partial charge in [-0.3, -0.25) is 4.79 Å². The molecule has 0 saturated carbocycles. The molecule has 0 fully saturated rings. The molecule has 4 nitrogen and oxygen atoms in total. The second-order valence-corrected chi connectivity index (χ2v) is 5.77. The van der Waals surface area contributed by atoms with E-state index in [1.807, 2.05) is 24.3 Å². The molecule has 1 aliphatic rings. The third-order valence-electron chi connectivity index (χ3n) is 4.33. The lowest BCUT2D eigenvalue weighted by Crippen LogP contribution is -2.26. The Morgan fingerprint density at radius 1 is 1.12 bits per heavy atom. The van der Waals surface area contributed by atoms with E-state index in [0.717, 1.165) is 27.1 Å². The van der Waals surface area contributed by atoms with Gasteiger partial charge < -0.3 is 9.57 Å². The van der Waals surface area contributed by atoms with E-state index >= 15 is 0 Å². The summed E-state index contributed by atoms with van der Waals surface area (Å²) in [6.45, 7) is 2.38. The normalized spacial score (nSPS) is 16.2. The zero-order valence-corrected chi connectivity index (χ0v) is 13.4. The van der Waals surface area contributed by atoms with Gasteiger partial charge in [0, 0.05) is 5.56 Å². The number of benzene rings is 3. The summed E-state index contributed by atoms with van der Waals surface area (Å²) in [6.07, 6.45) is 0. The molecule has 4 heteroatoms. The highest BCUT2D eigenvalue weighted by Crippen LogP contribution is 2.32. The van der Waals surface area contributed by atoms with Crippen molar-refractivity contribution < 1.29 is 14.4 Å². The summed E-state index contributed by atoms with van der Waals surface area (Å²) in [5.41, 5.74) is 1.61. The summed E-state index contributed by atoms with van der Waals surface area (Å²) in [6, 6.07) is 18.4. The molecule has 0 N–H and O–H groups in total. The zero-order chi connectivity index (χ0) is 16.5. The number of oxime groups is 1. The van der Waals surface area contributed by atoms with Crippen LogP contribution in [0.25, 0.3) is 21.5 Å². The summed E-state index contributed by atoms with van der Waals surface area (Å²) in [7, 11) is 0. The third-order valence-corrected chi connectivity index (χ3v) is 4.33. The predicted octanol–water partition coefficient (Wildman–Crippen LogP) is 4.54. The van der Waals surface area contributed by atoms with Crippen LogP contribution >= 0.6 is 0 Å². The Morgan fingerprint density at radius 3 is 2.32 bits per heavy atom. The number of nitrogens with zero attached hydrogens (tertiary/aromatic N) is 1. The van der Waals surface area contributed by atoms with Crippen LogP contribution in [0.4, 0.5) is 0 Å². The van der Waals surface area contributed by atoms with Gasteiger partial charge in [-0.2, -0.15) is 0 Å². The number of ether oxygens (including phenoxy) is 1. The maximum absolute atomic E-state index is 12.3. The van der Waals surface area contributed by atoms with Crippen molar-refractivity contribution in [2.24, 2.45) is 11.1 Å². The largest absolute Gasteiger partial charge is 0.465 e. The molecular formula is C21H21NO3. The molecular weight excluding hydrogens is 314 g/mol. The quantitative estimate of drug-likeness (QED) is 0.521. The highest BCUT2D eigenvalue weighted by atomic mass is 16.6. The SMILES string of the molecule is C.CCOC(=O)C1CON=C1c1c2ccccc2cc2ccccc12. The van der Waals surface area contributed by atoms with Gasteiger partial charge in [-0.25, -0.2) is 0 Å². The zero-order valence-electron chi connectivity index (χ0n) is 13.4. The van der Waals surface area contributed by atoms with Crippen molar-refractivity contribution in [2.45, 2.75) is 14.4 Å². The minimum atomic E-state index is -0.487. The first-order valence-corrected chi connectivity index (χ1v) is 8.07. The number of hydrogen-bond acceptors (Lipinski definition) is 4. The smallest absolute Gasteiger partial charge is 0.318 e. The lowest BCUT2D eigenvalue weighted by atomic mass is 9.89. The van der Waals surface area contributed by atoms with Crippen molar-refractivity contribution in [2.75, 3.05) is 13.2 Å². The summed E-state index contributed by atoms with van der Waals surface area (Å²) >= 11 is 0. The molecule has 1 heterocycles. The number of rotatable bonds is 3. The van der Waals surface area contributed by atoms with E-state index in [-0.39, 0.29) is 20.0 Å². The molecule has 0 bridgehead atoms. The van der Waals surface area contributed by atoms with Crippen molar-refractivity contribution in [3.63, 3.8) is 0 Å². The van der Waals surface area contributed by atoms with E-state index in [1.54, 1.807) is 6.92 Å². The third kappa shape index (κ3) is 2.84. The van der Waals surface area contributed by atoms with Crippen LogP contribution in [0.1, 0.15) is 19.9 Å². The molecule has 3 aromatic carbocycles. The topological polar surface area (TPSA) is 47.9 Å². The van der Waals surface area contributed by atoms with Crippen LogP contribution < -0.4 is 0 Å². The maximum atomic E-state index is 12.3. The lowest BCUT2D eigenvalue weighted by Gasteiger charge is -2.14. The van der Waals surface area contributed by atoms with E-state index in [4.69, 9.17) is 9.57 Å². The number of carbonyl (C=O) groups is 1. The van der Waals surface area contributed by atoms with Crippen LogP contribution in [0.15, 0.2) is 59.8 Å². The molecule has 128 valence electrons. The monoisotopic (exact) mass is 335 g/mol. The number of carbonyl (C=O) groups excluding carboxylic acids is 1. The van der Waals surface area contributed by atoms with Gasteiger partial charge in [0.1, 0.15) is 18.2 Å². The predicted molar refractivity (Wildman–Crippen MR) is 101 cm³/mol. The molecule has 3 aromatic rings. The number of fused-ring (bicyclic) bond motifs is 2. The van der Waals surface area contributed by atoms with Gasteiger partial charge in [0.25, 0.3) is 0 Å². The van der Waals surface area contributed by atoms with Gasteiger partial charge >= 0.3 is 5.97 Å². The van der Waals surface area contributed by atoms with E-state index in [9.17, 15) is 4.79 Å². The van der Waals surface area contributed by atoms with E-state index in [0.29, 0.717) is 12.3 Å². The summed E-state index contributed by atoms with van der Waals surface area (Å²) < 4.78 is 5.20. The van der Waals surface area contributed by atoms with Crippen LogP contribution in [0, 0.1) is 5.92 Å². The van der Waals surface area contributed by atoms with Crippen molar-refractivity contribution in [3.05, 3.63) is 60.2 Å². The van der Waals surface area contributed by atoms with Crippen LogP contribution in [-0.2, 0) is 14.4 Å². The number of hydrogen-bond donors (Lipinski definition) is 0. The molecule has 0 aliphatic carbocycles. The fraction of sp³-hybridized carbons (Fsp3) is 0.238. The van der Waals surface area contributed by atoms with Gasteiger partial charge in [0.05, 0.1) is 6.61 Å². The standard InChI is InChI=1S/C20H17NO3.CH4/c1-2-23-20(22)17-12-24-21-19(17)18-15-9-5-3-7-13(15)11-14-8-4-6-10-16(14)18;/h3-11,17H,2,12H2,1H3;1H4. The fourth-order valence-electron chi connectivity index (χ4n) is 3.26. The van der Waals surface area contributed by atoms with Crippen molar-refractivity contribution in [1.82, 2.24) is 0 Å². The Labute approximate surface area is 147 Å². The second kappa shape index (κ2) is 6.93. The van der Waals surface area contributed by atoms with Crippen molar-refractivity contribution in [3.8, 4) is 0 Å². The first-order chi connectivity index (χ1) is 11.8. The molecule has 1 unspecified atom stereocenters. The highest BCUT2D eigenvalue weighted by Gasteiger charge is 2.34. The molecule has 4 rings (SSSR count). The Kier molecular flexibility index (Phi) is 4.70. The molecule has 0 saturated heterocycles. The molecule has 25 heavy (non-hydrogen) atoms. The minimum Gasteiger partial charge on any atom is -0.465 e. The Hall–Kier alpha value is -2.88. The Morgan fingerprint density at radius 2 is 1.72 bits per heavy atom. The minimum absolute atomic E-state index is 0. The summed E-state index contributed by atoms with van der Waals surface area (Å²) in [4.78, 5) is 17.6. The Bertz CT molecular complexity index is 908. The second-order valence-electron chi connectivity index (χ2n) is 5.77. The van der Waals surface area contributed by atoms with Gasteiger partial charge in [0.2, 0.25) is 0 Å². The van der Waals surface area contributed by atoms with Crippen LogP contribution in [0.5, 0.6) is 0 Å². The van der Waals surface area contributed by atoms with Crippen molar-refractivity contribution >= 4 is 33.2 Å². The molecule has 0 aromatic heterocycles. The highest BCUT2D eigenvalue weighted by molar-refractivity contribution is 6.25. The average Bonchev–Trinajstić information content (AvgIpc) is 3.09. The van der Waals surface area contributed by atoms with Crippen LogP contribution in [-0.4, -0.2) is 24.9 Å². The molecule has 0 spiro atoms. The van der Waals surface area contributed by atoms with Gasteiger partial charge in [0.15, 0.2) is 0 Å². The maximum Gasteiger partial charge on any atom is 0.318 e. The molecule has 0 radical (unpaired) electrons. The van der Waals surface area contributed by atoms with Crippen molar-refractivity contribution in [1.29, 1.82) is 0 Å². The lowest BCUT2D eigenvalue weighted by molar-refractivity contribution is -0.146. The van der Waals surface area contributed by atoms with Crippen LogP contribution in [0.2, 0.25) is 0 Å². The van der Waals surface area contributed by atoms with Gasteiger partial charge in [-0.1, -0.05) is 61.1 Å².